The van der Waals surface area contributed by atoms with Crippen molar-refractivity contribution in [1.82, 2.24) is 14.8 Å². The largest absolute Gasteiger partial charge is 0.481 e. The number of benzene rings is 1. The second kappa shape index (κ2) is 5.16. The van der Waals surface area contributed by atoms with Gasteiger partial charge in [-0.2, -0.15) is 0 Å². The molecule has 0 unspecified atom stereocenters. The molecule has 0 fully saturated rings. The topological polar surface area (TPSA) is 71.2 Å². The number of nitrogens with zero attached hydrogens (tertiary/aromatic N) is 4. The fraction of sp³-hybridized carbons (Fsp3) is 0.308. The Morgan fingerprint density at radius 3 is 2.55 bits per heavy atom. The molecule has 6 nitrogen and oxygen atoms in total. The number of hydrogen-bond donors (Lipinski definition) is 1. The molecule has 0 saturated heterocycles. The molecular weight excluding hydrogens is 276 g/mol. The van der Waals surface area contributed by atoms with Gasteiger partial charge in [0.2, 0.25) is 5.95 Å². The highest BCUT2D eigenvalue weighted by atomic mass is 32.2. The molecule has 104 valence electrons. The molecule has 0 atom stereocenters. The zero-order valence-corrected chi connectivity index (χ0v) is 11.8. The normalized spacial score (nSPS) is 13.6. The van der Waals surface area contributed by atoms with Crippen molar-refractivity contribution in [3.05, 3.63) is 35.4 Å². The molecule has 20 heavy (non-hydrogen) atoms. The van der Waals surface area contributed by atoms with E-state index in [1.807, 2.05) is 23.7 Å². The zero-order valence-electron chi connectivity index (χ0n) is 11.0. The molecule has 3 rings (SSSR count). The summed E-state index contributed by atoms with van der Waals surface area (Å²) in [5, 5.41) is 17.6. The molecule has 2 aromatic rings. The fourth-order valence-corrected chi connectivity index (χ4v) is 2.94. The van der Waals surface area contributed by atoms with Crippen molar-refractivity contribution < 1.29 is 9.90 Å². The number of thioether (sulfide) groups is 1. The molecule has 7 heteroatoms. The van der Waals surface area contributed by atoms with E-state index >= 15 is 0 Å². The van der Waals surface area contributed by atoms with Gasteiger partial charge in [0.15, 0.2) is 5.16 Å². The molecule has 0 amide bonds. The van der Waals surface area contributed by atoms with Gasteiger partial charge in [0.25, 0.3) is 0 Å². The van der Waals surface area contributed by atoms with Gasteiger partial charge in [-0.1, -0.05) is 36.0 Å². The van der Waals surface area contributed by atoms with E-state index in [4.69, 9.17) is 5.11 Å². The van der Waals surface area contributed by atoms with Gasteiger partial charge < -0.3 is 10.0 Å². The Hall–Kier alpha value is -2.02. The highest BCUT2D eigenvalue weighted by Crippen LogP contribution is 2.28. The van der Waals surface area contributed by atoms with E-state index in [-0.39, 0.29) is 5.75 Å². The van der Waals surface area contributed by atoms with Gasteiger partial charge in [-0.3, -0.25) is 9.36 Å². The molecule has 0 saturated carbocycles. The van der Waals surface area contributed by atoms with E-state index in [9.17, 15) is 4.79 Å². The Bertz CT molecular complexity index is 631. The molecule has 1 N–H and O–H groups in total. The molecule has 2 heterocycles. The van der Waals surface area contributed by atoms with Gasteiger partial charge in [0, 0.05) is 20.1 Å². The van der Waals surface area contributed by atoms with E-state index in [2.05, 4.69) is 27.2 Å². The number of fused-ring (bicyclic) bond motifs is 1. The first-order chi connectivity index (χ1) is 9.65. The van der Waals surface area contributed by atoms with Crippen molar-refractivity contribution in [3.63, 3.8) is 0 Å². The monoisotopic (exact) mass is 290 g/mol. The highest BCUT2D eigenvalue weighted by molar-refractivity contribution is 7.99. The Labute approximate surface area is 120 Å². The number of carboxylic acids is 1. The molecule has 0 radical (unpaired) electrons. The molecular formula is C13H14N4O2S. The maximum atomic E-state index is 10.6. The van der Waals surface area contributed by atoms with Crippen LogP contribution in [-0.2, 0) is 24.9 Å². The predicted molar refractivity (Wildman–Crippen MR) is 75.7 cm³/mol. The lowest BCUT2D eigenvalue weighted by Gasteiger charge is -2.15. The summed E-state index contributed by atoms with van der Waals surface area (Å²) in [6.45, 7) is 1.62. The summed E-state index contributed by atoms with van der Waals surface area (Å²) in [6.07, 6.45) is 0. The van der Waals surface area contributed by atoms with E-state index in [0.29, 0.717) is 5.16 Å². The predicted octanol–water partition coefficient (Wildman–Crippen LogP) is 1.51. The summed E-state index contributed by atoms with van der Waals surface area (Å²) >= 11 is 1.18. The second-order valence-electron chi connectivity index (χ2n) is 4.65. The second-order valence-corrected chi connectivity index (χ2v) is 5.59. The summed E-state index contributed by atoms with van der Waals surface area (Å²) < 4.78 is 1.85. The SMILES string of the molecule is Cn1c(SCC(=O)O)nnc1N1Cc2ccccc2C1. The average Bonchev–Trinajstić information content (AvgIpc) is 2.99. The van der Waals surface area contributed by atoms with E-state index in [1.165, 1.54) is 22.9 Å². The van der Waals surface area contributed by atoms with Crippen molar-refractivity contribution >= 4 is 23.7 Å². The van der Waals surface area contributed by atoms with E-state index < -0.39 is 5.97 Å². The molecule has 1 aliphatic rings. The molecule has 1 aromatic heterocycles. The maximum absolute atomic E-state index is 10.6. The van der Waals surface area contributed by atoms with Crippen molar-refractivity contribution in [2.75, 3.05) is 10.7 Å². The van der Waals surface area contributed by atoms with Crippen LogP contribution in [-0.4, -0.2) is 31.6 Å². The van der Waals surface area contributed by atoms with Crippen LogP contribution < -0.4 is 4.90 Å². The van der Waals surface area contributed by atoms with Crippen LogP contribution in [0.2, 0.25) is 0 Å². The number of aromatic nitrogens is 3. The van der Waals surface area contributed by atoms with Gasteiger partial charge in [-0.05, 0) is 11.1 Å². The van der Waals surface area contributed by atoms with Gasteiger partial charge in [-0.25, -0.2) is 0 Å². The van der Waals surface area contributed by atoms with Crippen LogP contribution in [0.4, 0.5) is 5.95 Å². The van der Waals surface area contributed by atoms with Gasteiger partial charge in [0.05, 0.1) is 5.75 Å². The summed E-state index contributed by atoms with van der Waals surface area (Å²) in [4.78, 5) is 12.7. The first-order valence-corrected chi connectivity index (χ1v) is 7.19. The minimum absolute atomic E-state index is 0.00774. The lowest BCUT2D eigenvalue weighted by molar-refractivity contribution is -0.133. The minimum atomic E-state index is -0.854. The third kappa shape index (κ3) is 2.36. The fourth-order valence-electron chi connectivity index (χ4n) is 2.31. The van der Waals surface area contributed by atoms with Crippen molar-refractivity contribution in [1.29, 1.82) is 0 Å². The number of rotatable bonds is 4. The van der Waals surface area contributed by atoms with Gasteiger partial charge in [-0.15, -0.1) is 10.2 Å². The number of hydrogen-bond acceptors (Lipinski definition) is 5. The summed E-state index contributed by atoms with van der Waals surface area (Å²) in [6, 6.07) is 8.30. The molecule has 0 bridgehead atoms. The quantitative estimate of drug-likeness (QED) is 0.861. The Morgan fingerprint density at radius 2 is 1.95 bits per heavy atom. The van der Waals surface area contributed by atoms with Crippen LogP contribution in [0.5, 0.6) is 0 Å². The average molecular weight is 290 g/mol. The lowest BCUT2D eigenvalue weighted by Crippen LogP contribution is -2.18. The lowest BCUT2D eigenvalue weighted by atomic mass is 10.1. The third-order valence-electron chi connectivity index (χ3n) is 3.26. The summed E-state index contributed by atoms with van der Waals surface area (Å²) in [7, 11) is 1.86. The Balaban J connectivity index is 1.78. The smallest absolute Gasteiger partial charge is 0.313 e. The molecule has 1 aromatic carbocycles. The van der Waals surface area contributed by atoms with Crippen LogP contribution in [0.1, 0.15) is 11.1 Å². The summed E-state index contributed by atoms with van der Waals surface area (Å²) in [5.74, 6) is -0.0890. The van der Waals surface area contributed by atoms with Gasteiger partial charge >= 0.3 is 5.97 Å². The van der Waals surface area contributed by atoms with Crippen LogP contribution >= 0.6 is 11.8 Å². The van der Waals surface area contributed by atoms with Crippen molar-refractivity contribution in [3.8, 4) is 0 Å². The van der Waals surface area contributed by atoms with Crippen LogP contribution in [0.15, 0.2) is 29.4 Å². The number of anilines is 1. The highest BCUT2D eigenvalue weighted by Gasteiger charge is 2.23. The Kier molecular flexibility index (Phi) is 3.35. The van der Waals surface area contributed by atoms with Crippen LogP contribution in [0, 0.1) is 0 Å². The summed E-state index contributed by atoms with van der Waals surface area (Å²) in [5.41, 5.74) is 2.60. The first kappa shape index (κ1) is 13.0. The standard InChI is InChI=1S/C13H14N4O2S/c1-16-12(14-15-13(16)20-8-11(18)19)17-6-9-4-2-3-5-10(9)7-17/h2-5H,6-8H2,1H3,(H,18,19). The molecule has 0 spiro atoms. The van der Waals surface area contributed by atoms with Crippen molar-refractivity contribution in [2.24, 2.45) is 7.05 Å². The molecule has 1 aliphatic heterocycles. The van der Waals surface area contributed by atoms with E-state index in [1.54, 1.807) is 0 Å². The van der Waals surface area contributed by atoms with Crippen LogP contribution in [0.3, 0.4) is 0 Å². The Morgan fingerprint density at radius 1 is 1.30 bits per heavy atom. The number of aliphatic carboxylic acids is 1. The minimum Gasteiger partial charge on any atom is -0.481 e. The van der Waals surface area contributed by atoms with E-state index in [0.717, 1.165) is 19.0 Å². The zero-order chi connectivity index (χ0) is 14.1. The number of carbonyl (C=O) groups is 1. The van der Waals surface area contributed by atoms with Gasteiger partial charge in [0.1, 0.15) is 0 Å². The molecule has 0 aliphatic carbocycles. The third-order valence-corrected chi connectivity index (χ3v) is 4.27. The van der Waals surface area contributed by atoms with Crippen LogP contribution in [0.25, 0.3) is 0 Å². The maximum Gasteiger partial charge on any atom is 0.313 e. The number of carboxylic acid groups (broad SMARTS) is 1. The van der Waals surface area contributed by atoms with Crippen molar-refractivity contribution in [2.45, 2.75) is 18.2 Å². The first-order valence-electron chi connectivity index (χ1n) is 6.21.